The number of pyridine rings is 1. The third-order valence-electron chi connectivity index (χ3n) is 2.52. The lowest BCUT2D eigenvalue weighted by Crippen LogP contribution is -2.09. The van der Waals surface area contributed by atoms with Crippen LogP contribution in [0.2, 0.25) is 0 Å². The molecule has 1 aromatic heterocycles. The molecule has 0 saturated carbocycles. The summed E-state index contributed by atoms with van der Waals surface area (Å²) in [5.41, 5.74) is 4.43. The Bertz CT molecular complexity index is 475. The maximum Gasteiger partial charge on any atom is 0.0725 e. The van der Waals surface area contributed by atoms with Crippen molar-refractivity contribution in [3.63, 3.8) is 0 Å². The molecule has 0 N–H and O–H groups in total. The van der Waals surface area contributed by atoms with Crippen molar-refractivity contribution in [3.8, 4) is 11.3 Å². The van der Waals surface area contributed by atoms with Crippen LogP contribution in [0.25, 0.3) is 11.3 Å². The standard InChI is InChI=1S/C14H16N2/c1-11-9-13(16(2)3)10-14(15-11)12-7-5-4-6-8-12/h4-10H,1-3H3. The Kier molecular flexibility index (Phi) is 2.91. The monoisotopic (exact) mass is 212 g/mol. The summed E-state index contributed by atoms with van der Waals surface area (Å²) in [4.78, 5) is 6.66. The van der Waals surface area contributed by atoms with E-state index >= 15 is 0 Å². The molecule has 0 amide bonds. The van der Waals surface area contributed by atoms with E-state index in [1.165, 1.54) is 5.69 Å². The zero-order chi connectivity index (χ0) is 11.5. The zero-order valence-corrected chi connectivity index (χ0v) is 9.94. The van der Waals surface area contributed by atoms with Crippen LogP contribution in [0.4, 0.5) is 5.69 Å². The molecule has 1 heterocycles. The summed E-state index contributed by atoms with van der Waals surface area (Å²) in [7, 11) is 4.09. The zero-order valence-electron chi connectivity index (χ0n) is 9.94. The van der Waals surface area contributed by atoms with E-state index in [4.69, 9.17) is 0 Å². The van der Waals surface area contributed by atoms with Gasteiger partial charge in [-0.15, -0.1) is 0 Å². The van der Waals surface area contributed by atoms with Crippen LogP contribution in [-0.2, 0) is 0 Å². The summed E-state index contributed by atoms with van der Waals surface area (Å²) in [6.45, 7) is 2.03. The lowest BCUT2D eigenvalue weighted by atomic mass is 10.1. The summed E-state index contributed by atoms with van der Waals surface area (Å²) in [5, 5.41) is 0. The van der Waals surface area contributed by atoms with Crippen molar-refractivity contribution in [2.75, 3.05) is 19.0 Å². The van der Waals surface area contributed by atoms with Crippen LogP contribution in [0.15, 0.2) is 42.5 Å². The minimum atomic E-state index is 1.03. The molecule has 2 heteroatoms. The van der Waals surface area contributed by atoms with Crippen molar-refractivity contribution >= 4 is 5.69 Å². The predicted octanol–water partition coefficient (Wildman–Crippen LogP) is 3.12. The van der Waals surface area contributed by atoms with Gasteiger partial charge >= 0.3 is 0 Å². The molecule has 0 fully saturated rings. The summed E-state index contributed by atoms with van der Waals surface area (Å²) in [6.07, 6.45) is 0. The Balaban J connectivity index is 2.50. The largest absolute Gasteiger partial charge is 0.378 e. The Hall–Kier alpha value is -1.83. The maximum atomic E-state index is 4.56. The van der Waals surface area contributed by atoms with Crippen LogP contribution in [0.3, 0.4) is 0 Å². The minimum Gasteiger partial charge on any atom is -0.378 e. The molecule has 0 unspecified atom stereocenters. The van der Waals surface area contributed by atoms with Crippen molar-refractivity contribution in [3.05, 3.63) is 48.2 Å². The van der Waals surface area contributed by atoms with Crippen LogP contribution in [0.5, 0.6) is 0 Å². The summed E-state index contributed by atoms with van der Waals surface area (Å²) in [6, 6.07) is 14.5. The number of nitrogens with zero attached hydrogens (tertiary/aromatic N) is 2. The van der Waals surface area contributed by atoms with Gasteiger partial charge in [-0.2, -0.15) is 0 Å². The molecular weight excluding hydrogens is 196 g/mol. The van der Waals surface area contributed by atoms with Crippen LogP contribution < -0.4 is 4.90 Å². The van der Waals surface area contributed by atoms with Crippen molar-refractivity contribution in [1.29, 1.82) is 0 Å². The molecule has 1 aromatic carbocycles. The molecule has 16 heavy (non-hydrogen) atoms. The van der Waals surface area contributed by atoms with Crippen molar-refractivity contribution in [2.45, 2.75) is 6.92 Å². The summed E-state index contributed by atoms with van der Waals surface area (Å²) < 4.78 is 0. The van der Waals surface area contributed by atoms with Crippen LogP contribution in [-0.4, -0.2) is 19.1 Å². The first-order valence-corrected chi connectivity index (χ1v) is 5.38. The number of anilines is 1. The average molecular weight is 212 g/mol. The Labute approximate surface area is 96.6 Å². The number of benzene rings is 1. The van der Waals surface area contributed by atoms with E-state index in [-0.39, 0.29) is 0 Å². The fourth-order valence-corrected chi connectivity index (χ4v) is 1.67. The van der Waals surface area contributed by atoms with Gasteiger partial charge < -0.3 is 4.90 Å². The molecule has 2 nitrogen and oxygen atoms in total. The molecule has 0 atom stereocenters. The fourth-order valence-electron chi connectivity index (χ4n) is 1.67. The van der Waals surface area contributed by atoms with E-state index in [0.29, 0.717) is 0 Å². The second-order valence-electron chi connectivity index (χ2n) is 4.11. The van der Waals surface area contributed by atoms with Gasteiger partial charge in [-0.1, -0.05) is 30.3 Å². The molecule has 0 aliphatic rings. The molecule has 0 spiro atoms. The number of aryl methyl sites for hydroxylation is 1. The molecule has 2 aromatic rings. The van der Waals surface area contributed by atoms with Crippen molar-refractivity contribution in [2.24, 2.45) is 0 Å². The van der Waals surface area contributed by atoms with Crippen LogP contribution in [0.1, 0.15) is 5.69 Å². The first kappa shape index (κ1) is 10.7. The lowest BCUT2D eigenvalue weighted by molar-refractivity contribution is 1.10. The van der Waals surface area contributed by atoms with E-state index in [1.54, 1.807) is 0 Å². The molecule has 0 aliphatic heterocycles. The first-order valence-electron chi connectivity index (χ1n) is 5.38. The summed E-state index contributed by atoms with van der Waals surface area (Å²) in [5.74, 6) is 0. The van der Waals surface area contributed by atoms with Crippen molar-refractivity contribution < 1.29 is 0 Å². The van der Waals surface area contributed by atoms with E-state index in [2.05, 4.69) is 34.1 Å². The fraction of sp³-hybridized carbons (Fsp3) is 0.214. The number of hydrogen-bond donors (Lipinski definition) is 0. The highest BCUT2D eigenvalue weighted by molar-refractivity contribution is 5.64. The molecule has 0 radical (unpaired) electrons. The van der Waals surface area contributed by atoms with Gasteiger partial charge in [-0.25, -0.2) is 0 Å². The van der Waals surface area contributed by atoms with Crippen LogP contribution in [0, 0.1) is 6.92 Å². The average Bonchev–Trinajstić information content (AvgIpc) is 2.29. The lowest BCUT2D eigenvalue weighted by Gasteiger charge is -2.14. The maximum absolute atomic E-state index is 4.56. The van der Waals surface area contributed by atoms with E-state index in [1.807, 2.05) is 39.2 Å². The van der Waals surface area contributed by atoms with Gasteiger partial charge in [0.2, 0.25) is 0 Å². The molecule has 0 saturated heterocycles. The van der Waals surface area contributed by atoms with Gasteiger partial charge in [0.25, 0.3) is 0 Å². The van der Waals surface area contributed by atoms with Gasteiger partial charge in [0.1, 0.15) is 0 Å². The molecular formula is C14H16N2. The Morgan fingerprint density at radius 2 is 1.69 bits per heavy atom. The van der Waals surface area contributed by atoms with Gasteiger partial charge in [-0.05, 0) is 19.1 Å². The number of hydrogen-bond acceptors (Lipinski definition) is 2. The van der Waals surface area contributed by atoms with E-state index in [0.717, 1.165) is 17.0 Å². The van der Waals surface area contributed by atoms with E-state index in [9.17, 15) is 0 Å². The van der Waals surface area contributed by atoms with Gasteiger partial charge in [0, 0.05) is 31.0 Å². The highest BCUT2D eigenvalue weighted by Crippen LogP contribution is 2.22. The van der Waals surface area contributed by atoms with Crippen LogP contribution >= 0.6 is 0 Å². The highest BCUT2D eigenvalue weighted by atomic mass is 15.1. The van der Waals surface area contributed by atoms with Gasteiger partial charge in [-0.3, -0.25) is 4.98 Å². The van der Waals surface area contributed by atoms with E-state index < -0.39 is 0 Å². The minimum absolute atomic E-state index is 1.03. The van der Waals surface area contributed by atoms with Gasteiger partial charge in [0.05, 0.1) is 5.69 Å². The number of aromatic nitrogens is 1. The first-order chi connectivity index (χ1) is 7.66. The predicted molar refractivity (Wildman–Crippen MR) is 68.7 cm³/mol. The van der Waals surface area contributed by atoms with Gasteiger partial charge in [0.15, 0.2) is 0 Å². The third-order valence-corrected chi connectivity index (χ3v) is 2.52. The topological polar surface area (TPSA) is 16.1 Å². The Morgan fingerprint density at radius 1 is 1.00 bits per heavy atom. The highest BCUT2D eigenvalue weighted by Gasteiger charge is 2.03. The summed E-state index contributed by atoms with van der Waals surface area (Å²) >= 11 is 0. The molecule has 0 bridgehead atoms. The molecule has 82 valence electrons. The second-order valence-corrected chi connectivity index (χ2v) is 4.11. The smallest absolute Gasteiger partial charge is 0.0725 e. The third kappa shape index (κ3) is 2.22. The Morgan fingerprint density at radius 3 is 2.31 bits per heavy atom. The number of rotatable bonds is 2. The van der Waals surface area contributed by atoms with Crippen molar-refractivity contribution in [1.82, 2.24) is 4.98 Å². The molecule has 0 aliphatic carbocycles. The quantitative estimate of drug-likeness (QED) is 0.760. The second kappa shape index (κ2) is 4.35. The normalized spacial score (nSPS) is 10.2. The SMILES string of the molecule is Cc1cc(N(C)C)cc(-c2ccccc2)n1. The molecule has 2 rings (SSSR count).